The molecule has 0 radical (unpaired) electrons. The Morgan fingerprint density at radius 3 is 2.88 bits per heavy atom. The summed E-state index contributed by atoms with van der Waals surface area (Å²) in [5.74, 6) is -2.74. The highest BCUT2D eigenvalue weighted by molar-refractivity contribution is 5.94. The number of ether oxygens (including phenoxy) is 2. The van der Waals surface area contributed by atoms with Crippen molar-refractivity contribution in [2.24, 2.45) is 0 Å². The van der Waals surface area contributed by atoms with Gasteiger partial charge in [0.25, 0.3) is 0 Å². The molecule has 0 spiro atoms. The fourth-order valence-corrected chi connectivity index (χ4v) is 1.51. The summed E-state index contributed by atoms with van der Waals surface area (Å²) in [7, 11) is 1.12. The first-order valence-electron chi connectivity index (χ1n) is 4.54. The largest absolute Gasteiger partial charge is 0.488 e. The van der Waals surface area contributed by atoms with E-state index in [-0.39, 0.29) is 23.5 Å². The molecule has 84 valence electrons. The van der Waals surface area contributed by atoms with Crippen LogP contribution in [0, 0.1) is 11.6 Å². The third-order valence-corrected chi connectivity index (χ3v) is 2.22. The molecule has 0 saturated carbocycles. The van der Waals surface area contributed by atoms with E-state index in [1.807, 2.05) is 0 Å². The van der Waals surface area contributed by atoms with Crippen LogP contribution in [0.15, 0.2) is 12.1 Å². The third kappa shape index (κ3) is 1.54. The number of esters is 1. The maximum absolute atomic E-state index is 13.4. The second-order valence-electron chi connectivity index (χ2n) is 3.16. The van der Waals surface area contributed by atoms with Crippen molar-refractivity contribution in [3.63, 3.8) is 0 Å². The fourth-order valence-electron chi connectivity index (χ4n) is 1.51. The van der Waals surface area contributed by atoms with Crippen LogP contribution < -0.4 is 4.74 Å². The molecule has 0 unspecified atom stereocenters. The van der Waals surface area contributed by atoms with Gasteiger partial charge in [0, 0.05) is 6.07 Å². The van der Waals surface area contributed by atoms with E-state index in [1.54, 1.807) is 6.08 Å². The number of rotatable bonds is 1. The van der Waals surface area contributed by atoms with Crippen molar-refractivity contribution in [1.82, 2.24) is 0 Å². The number of fused-ring (bicyclic) bond motifs is 1. The number of hydrogen-bond donors (Lipinski definition) is 0. The normalized spacial score (nSPS) is 12.9. The second kappa shape index (κ2) is 3.92. The van der Waals surface area contributed by atoms with Gasteiger partial charge in [-0.25, -0.2) is 13.6 Å². The molecule has 16 heavy (non-hydrogen) atoms. The molecule has 0 amide bonds. The topological polar surface area (TPSA) is 35.5 Å². The zero-order valence-electron chi connectivity index (χ0n) is 8.42. The van der Waals surface area contributed by atoms with Gasteiger partial charge in [0.15, 0.2) is 0 Å². The highest BCUT2D eigenvalue weighted by atomic mass is 19.1. The van der Waals surface area contributed by atoms with Gasteiger partial charge in [-0.1, -0.05) is 0 Å². The quantitative estimate of drug-likeness (QED) is 0.688. The van der Waals surface area contributed by atoms with Crippen molar-refractivity contribution in [3.8, 4) is 5.75 Å². The maximum Gasteiger partial charge on any atom is 0.344 e. The van der Waals surface area contributed by atoms with Crippen molar-refractivity contribution in [1.29, 1.82) is 0 Å². The standard InChI is InChI=1S/C11H8F2O3/c1-15-11(14)9-8(13)5-7(12)6-3-2-4-16-10(6)9/h2-3,5H,4H2,1H3. The molecule has 1 aromatic rings. The van der Waals surface area contributed by atoms with E-state index in [4.69, 9.17) is 4.74 Å². The monoisotopic (exact) mass is 226 g/mol. The van der Waals surface area contributed by atoms with E-state index in [9.17, 15) is 13.6 Å². The number of methoxy groups -OCH3 is 1. The van der Waals surface area contributed by atoms with Gasteiger partial charge in [0.2, 0.25) is 0 Å². The Morgan fingerprint density at radius 2 is 2.19 bits per heavy atom. The molecule has 0 saturated heterocycles. The Labute approximate surface area is 90.3 Å². The molecule has 0 aromatic heterocycles. The molecule has 0 fully saturated rings. The summed E-state index contributed by atoms with van der Waals surface area (Å²) in [4.78, 5) is 11.3. The molecule has 1 aromatic carbocycles. The van der Waals surface area contributed by atoms with Gasteiger partial charge in [-0.3, -0.25) is 0 Å². The molecular weight excluding hydrogens is 218 g/mol. The van der Waals surface area contributed by atoms with Crippen LogP contribution in [0.1, 0.15) is 15.9 Å². The molecule has 1 aliphatic rings. The fraction of sp³-hybridized carbons (Fsp3) is 0.182. The molecule has 0 aliphatic carbocycles. The predicted molar refractivity (Wildman–Crippen MR) is 52.2 cm³/mol. The Morgan fingerprint density at radius 1 is 1.44 bits per heavy atom. The minimum absolute atomic E-state index is 0.0630. The first-order valence-corrected chi connectivity index (χ1v) is 4.54. The van der Waals surface area contributed by atoms with Crippen LogP contribution in [0.3, 0.4) is 0 Å². The lowest BCUT2D eigenvalue weighted by Crippen LogP contribution is -2.13. The van der Waals surface area contributed by atoms with E-state index in [2.05, 4.69) is 4.74 Å². The van der Waals surface area contributed by atoms with Crippen LogP contribution in [-0.2, 0) is 4.74 Å². The van der Waals surface area contributed by atoms with Crippen LogP contribution >= 0.6 is 0 Å². The smallest absolute Gasteiger partial charge is 0.344 e. The van der Waals surface area contributed by atoms with E-state index < -0.39 is 17.6 Å². The Kier molecular flexibility index (Phi) is 2.60. The summed E-state index contributed by atoms with van der Waals surface area (Å²) in [5, 5.41) is 0. The van der Waals surface area contributed by atoms with Gasteiger partial charge in [-0.2, -0.15) is 0 Å². The summed E-state index contributed by atoms with van der Waals surface area (Å²) in [6.45, 7) is 0.167. The highest BCUT2D eigenvalue weighted by Crippen LogP contribution is 2.32. The lowest BCUT2D eigenvalue weighted by Gasteiger charge is -2.16. The number of carbonyl (C=O) groups is 1. The number of hydrogen-bond acceptors (Lipinski definition) is 3. The molecule has 3 nitrogen and oxygen atoms in total. The predicted octanol–water partition coefficient (Wildman–Crippen LogP) is 2.16. The number of benzene rings is 1. The van der Waals surface area contributed by atoms with Gasteiger partial charge >= 0.3 is 5.97 Å². The lowest BCUT2D eigenvalue weighted by molar-refractivity contribution is 0.0590. The van der Waals surface area contributed by atoms with Crippen molar-refractivity contribution in [2.75, 3.05) is 13.7 Å². The third-order valence-electron chi connectivity index (χ3n) is 2.22. The molecule has 1 aliphatic heterocycles. The van der Waals surface area contributed by atoms with E-state index in [1.165, 1.54) is 6.08 Å². The zero-order valence-corrected chi connectivity index (χ0v) is 8.42. The number of halogens is 2. The lowest BCUT2D eigenvalue weighted by atomic mass is 10.1. The second-order valence-corrected chi connectivity index (χ2v) is 3.16. The zero-order chi connectivity index (χ0) is 11.7. The van der Waals surface area contributed by atoms with Crippen LogP contribution in [0.5, 0.6) is 5.75 Å². The number of carbonyl (C=O) groups excluding carboxylic acids is 1. The minimum Gasteiger partial charge on any atom is -0.488 e. The van der Waals surface area contributed by atoms with Crippen LogP contribution in [0.2, 0.25) is 0 Å². The summed E-state index contributed by atoms with van der Waals surface area (Å²) in [5.41, 5.74) is -0.309. The van der Waals surface area contributed by atoms with Gasteiger partial charge in [0.1, 0.15) is 29.6 Å². The van der Waals surface area contributed by atoms with Crippen molar-refractivity contribution < 1.29 is 23.0 Å². The molecule has 0 bridgehead atoms. The van der Waals surface area contributed by atoms with Crippen LogP contribution in [0.25, 0.3) is 6.08 Å². The minimum atomic E-state index is -0.988. The summed E-state index contributed by atoms with van der Waals surface area (Å²) in [6, 6.07) is 0.643. The highest BCUT2D eigenvalue weighted by Gasteiger charge is 2.25. The molecule has 0 N–H and O–H groups in total. The first-order chi connectivity index (χ1) is 7.65. The summed E-state index contributed by atoms with van der Waals surface area (Å²) >= 11 is 0. The molecule has 2 rings (SSSR count). The van der Waals surface area contributed by atoms with Gasteiger partial charge in [-0.05, 0) is 12.2 Å². The molecule has 0 atom stereocenters. The summed E-state index contributed by atoms with van der Waals surface area (Å²) in [6.07, 6.45) is 3.02. The Balaban J connectivity index is 2.69. The first kappa shape index (κ1) is 10.6. The Hall–Kier alpha value is -1.91. The molecule has 5 heteroatoms. The van der Waals surface area contributed by atoms with Gasteiger partial charge in [-0.15, -0.1) is 0 Å². The molecule has 1 heterocycles. The van der Waals surface area contributed by atoms with Crippen LogP contribution in [0.4, 0.5) is 8.78 Å². The van der Waals surface area contributed by atoms with Gasteiger partial charge < -0.3 is 9.47 Å². The van der Waals surface area contributed by atoms with Crippen molar-refractivity contribution >= 4 is 12.0 Å². The van der Waals surface area contributed by atoms with E-state index >= 15 is 0 Å². The average Bonchev–Trinajstić information content (AvgIpc) is 2.28. The van der Waals surface area contributed by atoms with E-state index in [0.29, 0.717) is 6.07 Å². The van der Waals surface area contributed by atoms with Gasteiger partial charge in [0.05, 0.1) is 12.7 Å². The van der Waals surface area contributed by atoms with Crippen molar-refractivity contribution in [2.45, 2.75) is 0 Å². The van der Waals surface area contributed by atoms with E-state index in [0.717, 1.165) is 7.11 Å². The van der Waals surface area contributed by atoms with Crippen molar-refractivity contribution in [3.05, 3.63) is 34.9 Å². The average molecular weight is 226 g/mol. The van der Waals surface area contributed by atoms with Crippen LogP contribution in [-0.4, -0.2) is 19.7 Å². The summed E-state index contributed by atoms with van der Waals surface area (Å²) < 4.78 is 36.3. The Bertz CT molecular complexity index is 481. The maximum atomic E-state index is 13.4. The molecular formula is C11H8F2O3. The SMILES string of the molecule is COC(=O)c1c(F)cc(F)c2c1OCC=C2.